The van der Waals surface area contributed by atoms with Crippen molar-refractivity contribution in [3.05, 3.63) is 106 Å². The van der Waals surface area contributed by atoms with Crippen LogP contribution in [0.3, 0.4) is 0 Å². The Morgan fingerprint density at radius 2 is 1.89 bits per heavy atom. The zero-order valence-corrected chi connectivity index (χ0v) is 23.0. The van der Waals surface area contributed by atoms with E-state index in [1.54, 1.807) is 25.4 Å². The monoisotopic (exact) mass is 546 g/mol. The second-order valence-electron chi connectivity index (χ2n) is 9.28. The van der Waals surface area contributed by atoms with Gasteiger partial charge in [0, 0.05) is 29.0 Å². The van der Waals surface area contributed by atoms with Gasteiger partial charge in [-0.2, -0.15) is 0 Å². The number of hydrogen-bond donors (Lipinski definition) is 2. The van der Waals surface area contributed by atoms with Crippen LogP contribution in [0.1, 0.15) is 50.7 Å². The Hall–Kier alpha value is -3.88. The maximum absolute atomic E-state index is 11.7. The summed E-state index contributed by atoms with van der Waals surface area (Å²) in [4.78, 5) is 18.4. The van der Waals surface area contributed by atoms with Crippen LogP contribution in [-0.2, 0) is 0 Å². The van der Waals surface area contributed by atoms with Crippen LogP contribution in [0.5, 0.6) is 5.75 Å². The Labute approximate surface area is 231 Å². The molecule has 4 aromatic rings. The number of carboxylic acid groups (broad SMARTS) is 1. The summed E-state index contributed by atoms with van der Waals surface area (Å²) in [6.45, 7) is 6.05. The topological polar surface area (TPSA) is 79.6 Å². The van der Waals surface area contributed by atoms with E-state index >= 15 is 0 Å². The van der Waals surface area contributed by atoms with Crippen LogP contribution in [-0.4, -0.2) is 32.8 Å². The van der Waals surface area contributed by atoms with Crippen molar-refractivity contribution in [2.24, 2.45) is 0 Å². The van der Waals surface area contributed by atoms with Gasteiger partial charge in [0.1, 0.15) is 5.75 Å². The Morgan fingerprint density at radius 3 is 2.55 bits per heavy atom. The number of ether oxygens (including phenoxy) is 1. The van der Waals surface area contributed by atoms with E-state index in [0.29, 0.717) is 15.9 Å². The molecule has 38 heavy (non-hydrogen) atoms. The fraction of sp³-hybridized carbons (Fsp3) is 0.207. The normalized spacial score (nSPS) is 17.0. The Kier molecular flexibility index (Phi) is 6.86. The molecule has 7 nitrogen and oxygen atoms in total. The van der Waals surface area contributed by atoms with E-state index in [1.165, 1.54) is 0 Å². The van der Waals surface area contributed by atoms with Crippen LogP contribution in [0.25, 0.3) is 5.69 Å². The van der Waals surface area contributed by atoms with Crippen molar-refractivity contribution in [3.63, 3.8) is 0 Å². The van der Waals surface area contributed by atoms with Crippen molar-refractivity contribution in [3.8, 4) is 11.4 Å². The number of methoxy groups -OCH3 is 1. The molecule has 0 saturated carbocycles. The molecule has 0 amide bonds. The predicted octanol–water partition coefficient (Wildman–Crippen LogP) is 6.33. The number of nitrogens with one attached hydrogen (secondary N) is 1. The summed E-state index contributed by atoms with van der Waals surface area (Å²) in [5.74, 6) is -0.379. The highest BCUT2D eigenvalue weighted by molar-refractivity contribution is 7.80. The van der Waals surface area contributed by atoms with Gasteiger partial charge in [0.2, 0.25) is 0 Å². The molecule has 1 aliphatic heterocycles. The van der Waals surface area contributed by atoms with Gasteiger partial charge in [-0.25, -0.2) is 4.79 Å². The van der Waals surface area contributed by atoms with E-state index in [-0.39, 0.29) is 17.6 Å². The number of carboxylic acids is 1. The van der Waals surface area contributed by atoms with Crippen LogP contribution < -0.4 is 15.0 Å². The fourth-order valence-corrected chi connectivity index (χ4v) is 5.79. The maximum Gasteiger partial charge on any atom is 0.335 e. The van der Waals surface area contributed by atoms with Crippen LogP contribution in [0.4, 0.5) is 5.69 Å². The van der Waals surface area contributed by atoms with Gasteiger partial charge in [0.05, 0.1) is 35.5 Å². The first-order valence-corrected chi connectivity index (χ1v) is 12.9. The number of carbonyl (C=O) groups is 1. The van der Waals surface area contributed by atoms with Crippen LogP contribution in [0.15, 0.2) is 66.9 Å². The molecule has 0 aliphatic carbocycles. The molecule has 1 aliphatic rings. The number of nitrogens with zero attached hydrogens (tertiary/aromatic N) is 3. The number of aryl methyl sites for hydroxylation is 2. The zero-order valence-electron chi connectivity index (χ0n) is 21.4. The zero-order chi connectivity index (χ0) is 27.1. The minimum absolute atomic E-state index is 0.232. The number of anilines is 1. The summed E-state index contributed by atoms with van der Waals surface area (Å²) in [5, 5.41) is 14.1. The minimum atomic E-state index is -0.961. The van der Waals surface area contributed by atoms with E-state index in [2.05, 4.69) is 25.8 Å². The lowest BCUT2D eigenvalue weighted by Gasteiger charge is -2.28. The Balaban J connectivity index is 1.70. The highest BCUT2D eigenvalue weighted by Crippen LogP contribution is 2.45. The molecule has 1 fully saturated rings. The van der Waals surface area contributed by atoms with Gasteiger partial charge in [-0.3, -0.25) is 4.98 Å². The van der Waals surface area contributed by atoms with E-state index in [1.807, 2.05) is 63.2 Å². The molecule has 3 heterocycles. The molecule has 0 spiro atoms. The van der Waals surface area contributed by atoms with Crippen molar-refractivity contribution in [2.75, 3.05) is 12.0 Å². The number of rotatable bonds is 6. The van der Waals surface area contributed by atoms with Gasteiger partial charge in [0.15, 0.2) is 5.11 Å². The first-order valence-electron chi connectivity index (χ1n) is 12.1. The number of thiocarbonyl (C=S) groups is 1. The number of aromatic nitrogens is 2. The largest absolute Gasteiger partial charge is 0.495 e. The smallest absolute Gasteiger partial charge is 0.335 e. The Morgan fingerprint density at radius 1 is 1.11 bits per heavy atom. The van der Waals surface area contributed by atoms with Gasteiger partial charge in [-0.15, -0.1) is 0 Å². The number of pyridine rings is 1. The van der Waals surface area contributed by atoms with Gasteiger partial charge >= 0.3 is 5.97 Å². The van der Waals surface area contributed by atoms with E-state index in [9.17, 15) is 9.90 Å². The molecule has 5 rings (SSSR count). The quantitative estimate of drug-likeness (QED) is 0.273. The summed E-state index contributed by atoms with van der Waals surface area (Å²) in [6, 6.07) is 18.3. The van der Waals surface area contributed by atoms with Gasteiger partial charge in [-0.1, -0.05) is 23.7 Å². The minimum Gasteiger partial charge on any atom is -0.495 e. The number of benzene rings is 2. The number of hydrogen-bond acceptors (Lipinski definition) is 4. The average molecular weight is 547 g/mol. The van der Waals surface area contributed by atoms with E-state index in [4.69, 9.17) is 28.6 Å². The van der Waals surface area contributed by atoms with Crippen molar-refractivity contribution in [2.45, 2.75) is 32.9 Å². The van der Waals surface area contributed by atoms with Crippen molar-refractivity contribution in [1.29, 1.82) is 0 Å². The fourth-order valence-electron chi connectivity index (χ4n) is 5.20. The van der Waals surface area contributed by atoms with Crippen LogP contribution in [0.2, 0.25) is 5.02 Å². The highest BCUT2D eigenvalue weighted by atomic mass is 35.5. The molecule has 194 valence electrons. The molecule has 2 aromatic heterocycles. The number of aromatic carboxylic acids is 1. The lowest BCUT2D eigenvalue weighted by atomic mass is 9.96. The van der Waals surface area contributed by atoms with Crippen molar-refractivity contribution in [1.82, 2.24) is 14.9 Å². The molecule has 0 bridgehead atoms. The maximum atomic E-state index is 11.7. The molecule has 9 heteroatoms. The highest BCUT2D eigenvalue weighted by Gasteiger charge is 2.42. The summed E-state index contributed by atoms with van der Waals surface area (Å²) in [7, 11) is 1.58. The third-order valence-corrected chi connectivity index (χ3v) is 7.61. The molecule has 2 atom stereocenters. The van der Waals surface area contributed by atoms with Gasteiger partial charge in [0.25, 0.3) is 0 Å². The third kappa shape index (κ3) is 4.40. The second kappa shape index (κ2) is 10.1. The van der Waals surface area contributed by atoms with Crippen molar-refractivity contribution < 1.29 is 14.6 Å². The van der Waals surface area contributed by atoms with Crippen molar-refractivity contribution >= 4 is 40.6 Å². The van der Waals surface area contributed by atoms with Crippen LogP contribution >= 0.6 is 23.8 Å². The molecular formula is C29H27ClN4O3S. The summed E-state index contributed by atoms with van der Waals surface area (Å²) < 4.78 is 7.47. The lowest BCUT2D eigenvalue weighted by molar-refractivity contribution is 0.0697. The summed E-state index contributed by atoms with van der Waals surface area (Å²) >= 11 is 12.4. The first-order chi connectivity index (χ1) is 18.2. The molecule has 0 unspecified atom stereocenters. The molecule has 2 N–H and O–H groups in total. The predicted molar refractivity (Wildman–Crippen MR) is 153 cm³/mol. The molecule has 1 saturated heterocycles. The number of halogens is 1. The third-order valence-electron chi connectivity index (χ3n) is 7.00. The van der Waals surface area contributed by atoms with Gasteiger partial charge in [-0.05, 0) is 92.6 Å². The molecule has 0 radical (unpaired) electrons. The second-order valence-corrected chi connectivity index (χ2v) is 10.1. The first kappa shape index (κ1) is 25.8. The van der Waals surface area contributed by atoms with E-state index in [0.717, 1.165) is 39.6 Å². The standard InChI is InChI=1S/C29H27ClN4O3S/c1-16-8-9-19(28(35)36)14-24(16)33-17(2)13-21(18(33)3)27-26(23-7-5-6-12-31-23)32-29(38)34(27)20-10-11-25(37-4)22(30)15-20/h5-15,26-27H,1-4H3,(H,32,38)(H,35,36)/t26-,27+/m1/s1. The summed E-state index contributed by atoms with van der Waals surface area (Å²) in [6.07, 6.45) is 1.77. The Bertz CT molecular complexity index is 1550. The molecule has 2 aromatic carbocycles. The lowest BCUT2D eigenvalue weighted by Crippen LogP contribution is -2.29. The van der Waals surface area contributed by atoms with Crippen LogP contribution in [0, 0.1) is 20.8 Å². The average Bonchev–Trinajstić information content (AvgIpc) is 3.39. The molecular weight excluding hydrogens is 520 g/mol. The summed E-state index contributed by atoms with van der Waals surface area (Å²) in [5.41, 5.74) is 6.73. The SMILES string of the molecule is COc1ccc(N2C(=S)N[C@H](c3ccccn3)[C@@H]2c2cc(C)n(-c3cc(C(=O)O)ccc3C)c2C)cc1Cl. The van der Waals surface area contributed by atoms with Gasteiger partial charge < -0.3 is 24.6 Å². The van der Waals surface area contributed by atoms with E-state index < -0.39 is 5.97 Å².